The summed E-state index contributed by atoms with van der Waals surface area (Å²) in [5.41, 5.74) is 1.91. The summed E-state index contributed by atoms with van der Waals surface area (Å²) in [6.07, 6.45) is 21.6. The van der Waals surface area contributed by atoms with Gasteiger partial charge in [-0.1, -0.05) is 128 Å². The first kappa shape index (κ1) is 28.8. The Kier molecular flexibility index (Phi) is 13.8. The molecule has 0 radical (unpaired) electrons. The van der Waals surface area contributed by atoms with E-state index in [2.05, 4.69) is 19.9 Å². The van der Waals surface area contributed by atoms with Gasteiger partial charge in [-0.25, -0.2) is 0 Å². The predicted molar refractivity (Wildman–Crippen MR) is 146 cm³/mol. The molecule has 0 amide bonds. The van der Waals surface area contributed by atoms with E-state index >= 15 is 0 Å². The minimum absolute atomic E-state index is 0.130. The highest BCUT2D eigenvalue weighted by Crippen LogP contribution is 2.30. The summed E-state index contributed by atoms with van der Waals surface area (Å²) in [6, 6.07) is 10.0. The smallest absolute Gasteiger partial charge is 0.282 e. The van der Waals surface area contributed by atoms with Crippen molar-refractivity contribution in [3.05, 3.63) is 41.5 Å². The van der Waals surface area contributed by atoms with E-state index in [1.165, 1.54) is 83.5 Å². The topological polar surface area (TPSA) is 54.4 Å². The van der Waals surface area contributed by atoms with Gasteiger partial charge in [-0.2, -0.15) is 8.42 Å². The summed E-state index contributed by atoms with van der Waals surface area (Å²) in [4.78, 5) is 0.130. The van der Waals surface area contributed by atoms with Crippen LogP contribution < -0.4 is 0 Å². The van der Waals surface area contributed by atoms with Gasteiger partial charge < -0.3 is 0 Å². The highest BCUT2D eigenvalue weighted by Gasteiger charge is 2.19. The molecular weight excluding hydrogens is 440 g/mol. The molecular formula is C30H48O3S. The summed E-state index contributed by atoms with van der Waals surface area (Å²) < 4.78 is 34.8. The van der Waals surface area contributed by atoms with Gasteiger partial charge in [0.2, 0.25) is 0 Å². The molecule has 0 bridgehead atoms. The number of fused-ring (bicyclic) bond motifs is 1. The molecule has 0 atom stereocenters. The number of rotatable bonds is 19. The van der Waals surface area contributed by atoms with Crippen molar-refractivity contribution < 1.29 is 13.0 Å². The van der Waals surface area contributed by atoms with Crippen molar-refractivity contribution in [2.24, 2.45) is 0 Å². The summed E-state index contributed by atoms with van der Waals surface area (Å²) >= 11 is 0. The van der Waals surface area contributed by atoms with Crippen molar-refractivity contribution in [3.8, 4) is 0 Å². The zero-order chi connectivity index (χ0) is 24.7. The minimum atomic E-state index is -4.27. The van der Waals surface area contributed by atoms with E-state index < -0.39 is 10.1 Å². The molecule has 1 N–H and O–H groups in total. The molecule has 0 aliphatic heterocycles. The van der Waals surface area contributed by atoms with Crippen LogP contribution in [-0.2, 0) is 23.0 Å². The third kappa shape index (κ3) is 10.5. The SMILES string of the molecule is CCCCCCCCCCc1ccc2ccc(CCCCCCCCCC)c(S(=O)(=O)O)c2c1. The minimum Gasteiger partial charge on any atom is -0.282 e. The third-order valence-electron chi connectivity index (χ3n) is 6.99. The lowest BCUT2D eigenvalue weighted by Gasteiger charge is -2.12. The Morgan fingerprint density at radius 1 is 0.618 bits per heavy atom. The highest BCUT2D eigenvalue weighted by atomic mass is 32.2. The van der Waals surface area contributed by atoms with Crippen molar-refractivity contribution >= 4 is 20.9 Å². The van der Waals surface area contributed by atoms with Gasteiger partial charge in [0, 0.05) is 5.39 Å². The molecule has 0 aliphatic rings. The van der Waals surface area contributed by atoms with Gasteiger partial charge in [0.1, 0.15) is 4.90 Å². The summed E-state index contributed by atoms with van der Waals surface area (Å²) in [6.45, 7) is 4.48. The van der Waals surface area contributed by atoms with Crippen LogP contribution in [-0.4, -0.2) is 13.0 Å². The maximum Gasteiger partial charge on any atom is 0.295 e. The van der Waals surface area contributed by atoms with Crippen molar-refractivity contribution in [2.75, 3.05) is 0 Å². The van der Waals surface area contributed by atoms with Crippen LogP contribution in [0, 0.1) is 0 Å². The van der Waals surface area contributed by atoms with E-state index in [9.17, 15) is 13.0 Å². The number of aryl methyl sites for hydroxylation is 2. The molecule has 2 aromatic rings. The molecule has 0 fully saturated rings. The molecule has 0 heterocycles. The highest BCUT2D eigenvalue weighted by molar-refractivity contribution is 7.86. The van der Waals surface area contributed by atoms with E-state index in [1.807, 2.05) is 24.3 Å². The lowest BCUT2D eigenvalue weighted by molar-refractivity contribution is 0.482. The third-order valence-corrected chi connectivity index (χ3v) is 7.99. The normalized spacial score (nSPS) is 12.0. The molecule has 0 aliphatic carbocycles. The Balaban J connectivity index is 1.96. The second-order valence-corrected chi connectivity index (χ2v) is 11.4. The number of hydrogen-bond donors (Lipinski definition) is 1. The van der Waals surface area contributed by atoms with Gasteiger partial charge in [-0.05, 0) is 48.3 Å². The average molecular weight is 489 g/mol. The molecule has 2 rings (SSSR count). The summed E-state index contributed by atoms with van der Waals surface area (Å²) in [5, 5.41) is 1.56. The Labute approximate surface area is 209 Å². The molecule has 192 valence electrons. The van der Waals surface area contributed by atoms with Gasteiger partial charge in [0.05, 0.1) is 0 Å². The lowest BCUT2D eigenvalue weighted by atomic mass is 9.98. The largest absolute Gasteiger partial charge is 0.295 e. The van der Waals surface area contributed by atoms with E-state index in [0.717, 1.165) is 42.2 Å². The molecule has 0 spiro atoms. The Morgan fingerprint density at radius 3 is 1.62 bits per heavy atom. The average Bonchev–Trinajstić information content (AvgIpc) is 2.81. The predicted octanol–water partition coefficient (Wildman–Crippen LogP) is 9.45. The molecule has 2 aromatic carbocycles. The first-order chi connectivity index (χ1) is 16.5. The van der Waals surface area contributed by atoms with E-state index in [0.29, 0.717) is 11.8 Å². The van der Waals surface area contributed by atoms with Crippen LogP contribution in [0.4, 0.5) is 0 Å². The van der Waals surface area contributed by atoms with Gasteiger partial charge in [-0.3, -0.25) is 4.55 Å². The molecule has 0 saturated carbocycles. The maximum atomic E-state index is 12.4. The zero-order valence-corrected chi connectivity index (χ0v) is 22.6. The van der Waals surface area contributed by atoms with Crippen LogP contribution in [0.25, 0.3) is 10.8 Å². The Bertz CT molecular complexity index is 928. The van der Waals surface area contributed by atoms with Gasteiger partial charge in [0.15, 0.2) is 0 Å². The fourth-order valence-electron chi connectivity index (χ4n) is 4.95. The van der Waals surface area contributed by atoms with E-state index in [4.69, 9.17) is 0 Å². The van der Waals surface area contributed by atoms with E-state index in [1.54, 1.807) is 0 Å². The molecule has 0 unspecified atom stereocenters. The molecule has 34 heavy (non-hydrogen) atoms. The number of unbranched alkanes of at least 4 members (excludes halogenated alkanes) is 14. The first-order valence-electron chi connectivity index (χ1n) is 14.0. The van der Waals surface area contributed by atoms with Gasteiger partial charge >= 0.3 is 0 Å². The first-order valence-corrected chi connectivity index (χ1v) is 15.4. The molecule has 3 nitrogen and oxygen atoms in total. The number of benzene rings is 2. The molecule has 0 aromatic heterocycles. The lowest BCUT2D eigenvalue weighted by Crippen LogP contribution is -2.05. The van der Waals surface area contributed by atoms with Gasteiger partial charge in [-0.15, -0.1) is 0 Å². The zero-order valence-electron chi connectivity index (χ0n) is 21.8. The van der Waals surface area contributed by atoms with E-state index in [-0.39, 0.29) is 4.90 Å². The molecule has 4 heteroatoms. The fourth-order valence-corrected chi connectivity index (χ4v) is 5.91. The number of hydrogen-bond acceptors (Lipinski definition) is 2. The van der Waals surface area contributed by atoms with Crippen LogP contribution in [0.2, 0.25) is 0 Å². The van der Waals surface area contributed by atoms with Crippen molar-refractivity contribution in [1.29, 1.82) is 0 Å². The van der Waals surface area contributed by atoms with Crippen LogP contribution in [0.15, 0.2) is 35.2 Å². The van der Waals surface area contributed by atoms with Crippen LogP contribution in [0.1, 0.15) is 128 Å². The fraction of sp³-hybridized carbons (Fsp3) is 0.667. The monoisotopic (exact) mass is 488 g/mol. The van der Waals surface area contributed by atoms with Crippen molar-refractivity contribution in [2.45, 2.75) is 134 Å². The standard InChI is InChI=1S/C30H48O3S/c1-3-5-7-9-11-13-15-17-19-26-21-22-27-23-24-28(30(29(27)25-26)34(31,32)33)20-18-16-14-12-10-8-6-4-2/h21-25H,3-20H2,1-2H3,(H,31,32,33). The molecule has 0 saturated heterocycles. The van der Waals surface area contributed by atoms with Crippen molar-refractivity contribution in [3.63, 3.8) is 0 Å². The van der Waals surface area contributed by atoms with Gasteiger partial charge in [0.25, 0.3) is 10.1 Å². The second kappa shape index (κ2) is 16.3. The van der Waals surface area contributed by atoms with Crippen LogP contribution in [0.5, 0.6) is 0 Å². The summed E-state index contributed by atoms with van der Waals surface area (Å²) in [5.74, 6) is 0. The Hall–Kier alpha value is -1.39. The van der Waals surface area contributed by atoms with Crippen molar-refractivity contribution in [1.82, 2.24) is 0 Å². The summed E-state index contributed by atoms with van der Waals surface area (Å²) in [7, 11) is -4.27. The van der Waals surface area contributed by atoms with Crippen LogP contribution in [0.3, 0.4) is 0 Å². The van der Waals surface area contributed by atoms with Crippen LogP contribution >= 0.6 is 0 Å². The Morgan fingerprint density at radius 2 is 1.09 bits per heavy atom. The maximum absolute atomic E-state index is 12.4. The second-order valence-electron chi connectivity index (χ2n) is 10.0. The quantitative estimate of drug-likeness (QED) is 0.158.